The van der Waals surface area contributed by atoms with E-state index in [0.29, 0.717) is 44.5 Å². The van der Waals surface area contributed by atoms with E-state index in [2.05, 4.69) is 28.7 Å². The Hall–Kier alpha value is -5.28. The van der Waals surface area contributed by atoms with Gasteiger partial charge in [0.15, 0.2) is 0 Å². The van der Waals surface area contributed by atoms with Crippen LogP contribution in [0, 0.1) is 18.8 Å². The van der Waals surface area contributed by atoms with Crippen LogP contribution >= 0.6 is 0 Å². The molecule has 9 nitrogen and oxygen atoms in total. The van der Waals surface area contributed by atoms with Crippen molar-refractivity contribution < 1.29 is 32.6 Å². The number of hydrogen-bond acceptors (Lipinski definition) is 6. The topological polar surface area (TPSA) is 132 Å². The number of pyridine rings is 1. The number of rotatable bonds is 7. The van der Waals surface area contributed by atoms with E-state index in [-0.39, 0.29) is 23.0 Å². The minimum atomic E-state index is -4.59. The Bertz CT molecular complexity index is 1940. The molecule has 2 heterocycles. The molecule has 0 aliphatic rings. The summed E-state index contributed by atoms with van der Waals surface area (Å²) in [6.07, 6.45) is -3.07. The number of hydrogen-bond donors (Lipinski definition) is 4. The second-order valence-electron chi connectivity index (χ2n) is 11.3. The van der Waals surface area contributed by atoms with Crippen molar-refractivity contribution in [2.75, 3.05) is 24.7 Å². The molecule has 4 aromatic rings. The lowest BCUT2D eigenvalue weighted by Crippen LogP contribution is -2.33. The van der Waals surface area contributed by atoms with Gasteiger partial charge in [-0.1, -0.05) is 30.6 Å². The molecule has 0 saturated heterocycles. The molecule has 0 spiro atoms. The van der Waals surface area contributed by atoms with Gasteiger partial charge in [-0.05, 0) is 63.1 Å². The van der Waals surface area contributed by atoms with Crippen LogP contribution in [0.1, 0.15) is 42.3 Å². The number of nitrogens with one attached hydrogen (secondary N) is 2. The predicted octanol–water partition coefficient (Wildman–Crippen LogP) is 5.74. The maximum absolute atomic E-state index is 12.8. The molecule has 5 N–H and O–H groups in total. The summed E-state index contributed by atoms with van der Waals surface area (Å²) in [6, 6.07) is 9.91. The van der Waals surface area contributed by atoms with E-state index in [1.165, 1.54) is 19.4 Å². The standard InChI is InChI=1S/C34H34F3N5O4/c1-18(2)31(43)41-22-9-11-23(19(3)14-22)29-26(20-8-10-24(25(15-20)46-7)32(44)40-17-34(35,36)37)27-28(42(29)6)21(16-39-30(27)38)12-13-33(4,5)45/h8-11,14-16,45H,1,17H2,2-7H3,(H2,38,39)(H,40,44)(H,41,43). The first-order valence-corrected chi connectivity index (χ1v) is 14.1. The van der Waals surface area contributed by atoms with Crippen LogP contribution in [-0.2, 0) is 11.8 Å². The van der Waals surface area contributed by atoms with E-state index >= 15 is 0 Å². The fraction of sp³-hybridized carbons (Fsp3) is 0.265. The molecule has 0 bridgehead atoms. The molecule has 0 aliphatic heterocycles. The van der Waals surface area contributed by atoms with Gasteiger partial charge in [-0.15, -0.1) is 0 Å². The summed E-state index contributed by atoms with van der Waals surface area (Å²) in [5, 5.41) is 15.5. The van der Waals surface area contributed by atoms with Gasteiger partial charge < -0.3 is 30.8 Å². The highest BCUT2D eigenvalue weighted by atomic mass is 19.4. The number of aromatic nitrogens is 2. The lowest BCUT2D eigenvalue weighted by atomic mass is 9.94. The molecule has 0 atom stereocenters. The highest BCUT2D eigenvalue weighted by Crippen LogP contribution is 2.45. The van der Waals surface area contributed by atoms with Gasteiger partial charge >= 0.3 is 6.18 Å². The van der Waals surface area contributed by atoms with Crippen LogP contribution < -0.4 is 21.1 Å². The average molecular weight is 634 g/mol. The van der Waals surface area contributed by atoms with E-state index < -0.39 is 24.2 Å². The van der Waals surface area contributed by atoms with Crippen LogP contribution in [0.3, 0.4) is 0 Å². The summed E-state index contributed by atoms with van der Waals surface area (Å²) < 4.78 is 45.7. The lowest BCUT2D eigenvalue weighted by Gasteiger charge is -2.15. The van der Waals surface area contributed by atoms with Crippen LogP contribution in [0.25, 0.3) is 33.3 Å². The van der Waals surface area contributed by atoms with Gasteiger partial charge in [-0.25, -0.2) is 4.98 Å². The number of nitrogens with zero attached hydrogens (tertiary/aromatic N) is 2. The van der Waals surface area contributed by atoms with Gasteiger partial charge in [0.2, 0.25) is 0 Å². The van der Waals surface area contributed by atoms with Crippen LogP contribution in [-0.4, -0.2) is 51.9 Å². The second-order valence-corrected chi connectivity index (χ2v) is 11.3. The van der Waals surface area contributed by atoms with Crippen LogP contribution in [0.15, 0.2) is 54.7 Å². The first kappa shape index (κ1) is 33.6. The highest BCUT2D eigenvalue weighted by molar-refractivity contribution is 6.12. The molecule has 12 heteroatoms. The average Bonchev–Trinajstić information content (AvgIpc) is 3.28. The summed E-state index contributed by atoms with van der Waals surface area (Å²) in [7, 11) is 3.13. The number of ether oxygens (including phenoxy) is 1. The van der Waals surface area contributed by atoms with Gasteiger partial charge in [-0.3, -0.25) is 9.59 Å². The number of aryl methyl sites for hydroxylation is 2. The number of nitrogen functional groups attached to an aromatic ring is 1. The molecule has 2 aromatic heterocycles. The van der Waals surface area contributed by atoms with Crippen molar-refractivity contribution in [2.24, 2.45) is 7.05 Å². The molecule has 240 valence electrons. The van der Waals surface area contributed by atoms with E-state index in [4.69, 9.17) is 10.5 Å². The number of methoxy groups -OCH3 is 1. The third kappa shape index (κ3) is 7.16. The Morgan fingerprint density at radius 3 is 2.46 bits per heavy atom. The SMILES string of the molecule is C=C(C)C(=O)Nc1ccc(-c2c(-c3ccc(C(=O)NCC(F)(F)F)c(OC)c3)c3c(N)ncc(C#CC(C)(C)O)c3n2C)c(C)c1. The largest absolute Gasteiger partial charge is 0.496 e. The van der Waals surface area contributed by atoms with Gasteiger partial charge in [0, 0.05) is 35.6 Å². The molecule has 0 radical (unpaired) electrons. The first-order valence-electron chi connectivity index (χ1n) is 14.1. The normalized spacial score (nSPS) is 11.5. The second kappa shape index (κ2) is 12.6. The Kier molecular flexibility index (Phi) is 9.21. The van der Waals surface area contributed by atoms with Gasteiger partial charge in [-0.2, -0.15) is 13.2 Å². The minimum Gasteiger partial charge on any atom is -0.496 e. The molecule has 0 aliphatic carbocycles. The number of amides is 2. The van der Waals surface area contributed by atoms with Crippen molar-refractivity contribution in [1.82, 2.24) is 14.9 Å². The molecular formula is C34H34F3N5O4. The fourth-order valence-electron chi connectivity index (χ4n) is 4.97. The minimum absolute atomic E-state index is 0.0409. The Morgan fingerprint density at radius 2 is 1.87 bits per heavy atom. The lowest BCUT2D eigenvalue weighted by molar-refractivity contribution is -0.123. The van der Waals surface area contributed by atoms with E-state index in [9.17, 15) is 27.9 Å². The van der Waals surface area contributed by atoms with Gasteiger partial charge in [0.25, 0.3) is 11.8 Å². The van der Waals surface area contributed by atoms with Crippen molar-refractivity contribution in [2.45, 2.75) is 39.5 Å². The van der Waals surface area contributed by atoms with Crippen molar-refractivity contribution in [3.8, 4) is 40.0 Å². The van der Waals surface area contributed by atoms with E-state index in [0.717, 1.165) is 11.1 Å². The molecule has 4 rings (SSSR count). The summed E-state index contributed by atoms with van der Waals surface area (Å²) in [4.78, 5) is 29.3. The Balaban J connectivity index is 2.02. The predicted molar refractivity (Wildman–Crippen MR) is 172 cm³/mol. The van der Waals surface area contributed by atoms with Crippen molar-refractivity contribution in [1.29, 1.82) is 0 Å². The zero-order valence-electron chi connectivity index (χ0n) is 26.2. The third-order valence-electron chi connectivity index (χ3n) is 7.05. The molecule has 2 amide bonds. The molecule has 0 saturated carbocycles. The monoisotopic (exact) mass is 633 g/mol. The smallest absolute Gasteiger partial charge is 0.405 e. The number of alkyl halides is 3. The zero-order chi connectivity index (χ0) is 34.1. The summed E-state index contributed by atoms with van der Waals surface area (Å²) in [5.41, 5.74) is 10.5. The molecule has 0 unspecified atom stereocenters. The molecule has 46 heavy (non-hydrogen) atoms. The maximum Gasteiger partial charge on any atom is 0.405 e. The van der Waals surface area contributed by atoms with Crippen molar-refractivity contribution >= 4 is 34.2 Å². The molecular weight excluding hydrogens is 599 g/mol. The number of nitrogens with two attached hydrogens (primary N) is 1. The van der Waals surface area contributed by atoms with Crippen molar-refractivity contribution in [3.05, 3.63) is 71.4 Å². The van der Waals surface area contributed by atoms with Gasteiger partial charge in [0.1, 0.15) is 23.7 Å². The number of anilines is 2. The summed E-state index contributed by atoms with van der Waals surface area (Å²) >= 11 is 0. The van der Waals surface area contributed by atoms with Crippen LogP contribution in [0.5, 0.6) is 5.75 Å². The number of carbonyl (C=O) groups is 2. The fourth-order valence-corrected chi connectivity index (χ4v) is 4.97. The first-order chi connectivity index (χ1) is 21.4. The number of benzene rings is 2. The van der Waals surface area contributed by atoms with Crippen molar-refractivity contribution in [3.63, 3.8) is 0 Å². The highest BCUT2D eigenvalue weighted by Gasteiger charge is 2.29. The Morgan fingerprint density at radius 1 is 1.17 bits per heavy atom. The summed E-state index contributed by atoms with van der Waals surface area (Å²) in [6.45, 7) is 8.77. The van der Waals surface area contributed by atoms with E-state index in [1.807, 2.05) is 36.0 Å². The van der Waals surface area contributed by atoms with Gasteiger partial charge in [0.05, 0.1) is 34.8 Å². The number of halogens is 3. The van der Waals surface area contributed by atoms with Crippen LogP contribution in [0.2, 0.25) is 0 Å². The van der Waals surface area contributed by atoms with E-state index in [1.54, 1.807) is 39.0 Å². The number of aliphatic hydroxyl groups is 1. The summed E-state index contributed by atoms with van der Waals surface area (Å²) in [5.74, 6) is 4.76. The number of carbonyl (C=O) groups excluding carboxylic acids is 2. The van der Waals surface area contributed by atoms with Crippen LogP contribution in [0.4, 0.5) is 24.7 Å². The Labute approximate surface area is 264 Å². The number of fused-ring (bicyclic) bond motifs is 1. The molecule has 2 aromatic carbocycles. The maximum atomic E-state index is 12.8. The third-order valence-corrected chi connectivity index (χ3v) is 7.05. The molecule has 0 fully saturated rings. The quantitative estimate of drug-likeness (QED) is 0.152. The zero-order valence-corrected chi connectivity index (χ0v) is 26.2.